The summed E-state index contributed by atoms with van der Waals surface area (Å²) in [5.41, 5.74) is 1.60. The van der Waals surface area contributed by atoms with E-state index >= 15 is 0 Å². The lowest BCUT2D eigenvalue weighted by Crippen LogP contribution is -2.38. The molecule has 1 amide bonds. The Morgan fingerprint density at radius 2 is 2.26 bits per heavy atom. The monoisotopic (exact) mass is 397 g/mol. The molecule has 1 saturated heterocycles. The van der Waals surface area contributed by atoms with Crippen LogP contribution in [-0.2, 0) is 6.54 Å². The van der Waals surface area contributed by atoms with Gasteiger partial charge in [0.05, 0.1) is 22.8 Å². The van der Waals surface area contributed by atoms with Gasteiger partial charge in [0, 0.05) is 18.7 Å². The van der Waals surface area contributed by atoms with E-state index in [9.17, 15) is 4.79 Å². The Labute approximate surface area is 147 Å². The Kier molecular flexibility index (Phi) is 3.93. The average Bonchev–Trinajstić information content (AvgIpc) is 2.94. The summed E-state index contributed by atoms with van der Waals surface area (Å²) >= 11 is 9.32. The van der Waals surface area contributed by atoms with Crippen LogP contribution in [-0.4, -0.2) is 43.4 Å². The number of amides is 1. The molecule has 0 spiro atoms. The van der Waals surface area contributed by atoms with E-state index in [2.05, 4.69) is 31.2 Å². The van der Waals surface area contributed by atoms with Gasteiger partial charge in [-0.15, -0.1) is 5.10 Å². The molecule has 2 aliphatic rings. The predicted octanol–water partition coefficient (Wildman–Crippen LogP) is 3.20. The quantitative estimate of drug-likeness (QED) is 0.860. The lowest BCUT2D eigenvalue weighted by atomic mass is 10.2. The maximum absolute atomic E-state index is 12.7. The molecule has 2 fully saturated rings. The van der Waals surface area contributed by atoms with Crippen molar-refractivity contribution in [3.8, 4) is 0 Å². The first-order valence-corrected chi connectivity index (χ1v) is 9.04. The molecule has 1 aliphatic carbocycles. The summed E-state index contributed by atoms with van der Waals surface area (Å²) in [7, 11) is 0. The summed E-state index contributed by atoms with van der Waals surface area (Å²) in [6.45, 7) is 1.46. The second-order valence-electron chi connectivity index (χ2n) is 6.28. The van der Waals surface area contributed by atoms with Crippen molar-refractivity contribution < 1.29 is 4.79 Å². The highest BCUT2D eigenvalue weighted by Crippen LogP contribution is 2.38. The second kappa shape index (κ2) is 5.94. The van der Waals surface area contributed by atoms with Crippen LogP contribution in [0.5, 0.6) is 0 Å². The summed E-state index contributed by atoms with van der Waals surface area (Å²) in [5, 5.41) is 8.91. The molecular formula is C15H17BrClN5O. The van der Waals surface area contributed by atoms with Crippen LogP contribution in [0.3, 0.4) is 0 Å². The minimum Gasteiger partial charge on any atom is -0.341 e. The summed E-state index contributed by atoms with van der Waals surface area (Å²) < 4.78 is 2.59. The topological polar surface area (TPSA) is 66.8 Å². The smallest absolute Gasteiger partial charge is 0.270 e. The fourth-order valence-corrected chi connectivity index (χ4v) is 3.64. The van der Waals surface area contributed by atoms with Gasteiger partial charge in [0.15, 0.2) is 0 Å². The molecule has 8 heteroatoms. The van der Waals surface area contributed by atoms with Gasteiger partial charge in [0.2, 0.25) is 0 Å². The van der Waals surface area contributed by atoms with Gasteiger partial charge in [-0.3, -0.25) is 9.48 Å². The van der Waals surface area contributed by atoms with Crippen LogP contribution in [0.4, 0.5) is 0 Å². The van der Waals surface area contributed by atoms with Crippen molar-refractivity contribution in [3.63, 3.8) is 0 Å². The van der Waals surface area contributed by atoms with Crippen LogP contribution in [0.1, 0.15) is 47.8 Å². The molecule has 2 aromatic heterocycles. The average molecular weight is 399 g/mol. The van der Waals surface area contributed by atoms with Crippen molar-refractivity contribution in [1.29, 1.82) is 0 Å². The number of carbonyl (C=O) groups excluding carboxylic acids is 1. The largest absolute Gasteiger partial charge is 0.341 e. The molecule has 1 N–H and O–H groups in total. The molecule has 4 rings (SSSR count). The van der Waals surface area contributed by atoms with Crippen molar-refractivity contribution in [2.75, 3.05) is 6.54 Å². The van der Waals surface area contributed by atoms with E-state index in [1.165, 1.54) is 12.8 Å². The SMILES string of the molecule is O=C(c1cc(Br)c(Cl)[nH]1)N1CCCC1Cn1cc(C2CC2)nn1. The van der Waals surface area contributed by atoms with Gasteiger partial charge in [-0.25, -0.2) is 0 Å². The molecule has 3 heterocycles. The normalized spacial score (nSPS) is 21.1. The highest BCUT2D eigenvalue weighted by molar-refractivity contribution is 9.10. The number of rotatable bonds is 4. The van der Waals surface area contributed by atoms with Gasteiger partial charge >= 0.3 is 0 Å². The fraction of sp³-hybridized carbons (Fsp3) is 0.533. The number of aromatic amines is 1. The summed E-state index contributed by atoms with van der Waals surface area (Å²) in [6.07, 6.45) is 6.46. The lowest BCUT2D eigenvalue weighted by Gasteiger charge is -2.24. The maximum atomic E-state index is 12.7. The van der Waals surface area contributed by atoms with Gasteiger partial charge in [-0.2, -0.15) is 0 Å². The van der Waals surface area contributed by atoms with Crippen molar-refractivity contribution >= 4 is 33.4 Å². The number of hydrogen-bond acceptors (Lipinski definition) is 3. The lowest BCUT2D eigenvalue weighted by molar-refractivity contribution is 0.0716. The van der Waals surface area contributed by atoms with Gasteiger partial charge in [-0.1, -0.05) is 16.8 Å². The van der Waals surface area contributed by atoms with Gasteiger partial charge in [0.1, 0.15) is 10.8 Å². The summed E-state index contributed by atoms with van der Waals surface area (Å²) in [4.78, 5) is 17.5. The first-order chi connectivity index (χ1) is 11.1. The Morgan fingerprint density at radius 3 is 2.96 bits per heavy atom. The van der Waals surface area contributed by atoms with Crippen LogP contribution in [0.15, 0.2) is 16.7 Å². The van der Waals surface area contributed by atoms with Crippen LogP contribution >= 0.6 is 27.5 Å². The molecule has 1 atom stereocenters. The Morgan fingerprint density at radius 1 is 1.43 bits per heavy atom. The highest BCUT2D eigenvalue weighted by Gasteiger charge is 2.32. The Bertz CT molecular complexity index is 719. The number of aromatic nitrogens is 4. The minimum absolute atomic E-state index is 0.0115. The molecule has 1 unspecified atom stereocenters. The molecule has 0 aromatic carbocycles. The van der Waals surface area contributed by atoms with Crippen LogP contribution in [0.2, 0.25) is 5.15 Å². The number of halogens is 2. The molecule has 23 heavy (non-hydrogen) atoms. The molecule has 1 aliphatic heterocycles. The molecule has 0 radical (unpaired) electrons. The second-order valence-corrected chi connectivity index (χ2v) is 7.51. The molecular weight excluding hydrogens is 382 g/mol. The van der Waals surface area contributed by atoms with Crippen LogP contribution in [0.25, 0.3) is 0 Å². The van der Waals surface area contributed by atoms with E-state index in [0.717, 1.165) is 25.1 Å². The standard InChI is InChI=1S/C15H17BrClN5O/c16-11-6-12(18-14(11)17)15(23)22-5-1-2-10(22)7-21-8-13(19-20-21)9-3-4-9/h6,8-10,18H,1-5,7H2. The van der Waals surface area contributed by atoms with E-state index in [1.54, 1.807) is 6.07 Å². The number of carbonyl (C=O) groups is 1. The van der Waals surface area contributed by atoms with E-state index in [1.807, 2.05) is 15.8 Å². The molecule has 1 saturated carbocycles. The minimum atomic E-state index is -0.0115. The fourth-order valence-electron chi connectivity index (χ4n) is 3.15. The zero-order chi connectivity index (χ0) is 16.0. The van der Waals surface area contributed by atoms with E-state index in [0.29, 0.717) is 27.8 Å². The van der Waals surface area contributed by atoms with Crippen molar-refractivity contribution in [3.05, 3.63) is 33.3 Å². The van der Waals surface area contributed by atoms with Gasteiger partial charge in [-0.05, 0) is 47.7 Å². The number of nitrogens with zero attached hydrogens (tertiary/aromatic N) is 4. The van der Waals surface area contributed by atoms with Crippen molar-refractivity contribution in [2.45, 2.75) is 44.2 Å². The Balaban J connectivity index is 1.48. The first kappa shape index (κ1) is 15.2. The molecule has 0 bridgehead atoms. The molecule has 2 aromatic rings. The number of hydrogen-bond donors (Lipinski definition) is 1. The number of H-pyrrole nitrogens is 1. The van der Waals surface area contributed by atoms with Gasteiger partial charge < -0.3 is 9.88 Å². The molecule has 6 nitrogen and oxygen atoms in total. The van der Waals surface area contributed by atoms with Gasteiger partial charge in [0.25, 0.3) is 5.91 Å². The maximum Gasteiger partial charge on any atom is 0.270 e. The molecule has 122 valence electrons. The first-order valence-electron chi connectivity index (χ1n) is 7.87. The van der Waals surface area contributed by atoms with Crippen LogP contribution in [0, 0.1) is 0 Å². The van der Waals surface area contributed by atoms with Crippen molar-refractivity contribution in [2.24, 2.45) is 0 Å². The number of likely N-dealkylation sites (tertiary alicyclic amines) is 1. The van der Waals surface area contributed by atoms with E-state index in [-0.39, 0.29) is 11.9 Å². The predicted molar refractivity (Wildman–Crippen MR) is 89.6 cm³/mol. The number of nitrogens with one attached hydrogen (secondary N) is 1. The Hall–Kier alpha value is -1.34. The summed E-state index contributed by atoms with van der Waals surface area (Å²) in [6, 6.07) is 1.89. The van der Waals surface area contributed by atoms with E-state index < -0.39 is 0 Å². The third-order valence-electron chi connectivity index (χ3n) is 4.54. The highest BCUT2D eigenvalue weighted by atomic mass is 79.9. The zero-order valence-corrected chi connectivity index (χ0v) is 14.8. The summed E-state index contributed by atoms with van der Waals surface area (Å²) in [5.74, 6) is 0.589. The zero-order valence-electron chi connectivity index (χ0n) is 12.5. The third-order valence-corrected chi connectivity index (χ3v) is 5.70. The van der Waals surface area contributed by atoms with Crippen molar-refractivity contribution in [1.82, 2.24) is 24.9 Å². The third kappa shape index (κ3) is 3.04. The van der Waals surface area contributed by atoms with Crippen LogP contribution < -0.4 is 0 Å². The van der Waals surface area contributed by atoms with E-state index in [4.69, 9.17) is 11.6 Å².